The predicted molar refractivity (Wildman–Crippen MR) is 81.7 cm³/mol. The van der Waals surface area contributed by atoms with E-state index in [1.54, 1.807) is 11.3 Å². The number of sulfone groups is 1. The Kier molecular flexibility index (Phi) is 5.34. The molecule has 0 aliphatic heterocycles. The number of rotatable bonds is 6. The van der Waals surface area contributed by atoms with Crippen LogP contribution in [0.3, 0.4) is 0 Å². The molecular weight excluding hydrogens is 282 g/mol. The number of thiazole rings is 1. The van der Waals surface area contributed by atoms with Crippen LogP contribution in [-0.2, 0) is 16.4 Å². The number of hydrogen-bond donors (Lipinski definition) is 1. The molecule has 0 radical (unpaired) electrons. The van der Waals surface area contributed by atoms with Gasteiger partial charge in [-0.25, -0.2) is 13.4 Å². The lowest BCUT2D eigenvalue weighted by atomic mass is 10.1. The van der Waals surface area contributed by atoms with Gasteiger partial charge in [-0.1, -0.05) is 0 Å². The molecule has 0 saturated heterocycles. The molecule has 1 N–H and O–H groups in total. The average Bonchev–Trinajstić information content (AvgIpc) is 2.69. The van der Waals surface area contributed by atoms with Crippen molar-refractivity contribution in [3.63, 3.8) is 0 Å². The van der Waals surface area contributed by atoms with Crippen LogP contribution in [0.4, 0.5) is 5.13 Å². The summed E-state index contributed by atoms with van der Waals surface area (Å²) in [6.45, 7) is 7.60. The molecule has 7 heteroatoms. The van der Waals surface area contributed by atoms with Gasteiger partial charge < -0.3 is 10.2 Å². The van der Waals surface area contributed by atoms with Crippen molar-refractivity contribution in [3.05, 3.63) is 11.1 Å². The minimum Gasteiger partial charge on any atom is -0.350 e. The predicted octanol–water partition coefficient (Wildman–Crippen LogP) is 1.51. The van der Waals surface area contributed by atoms with E-state index in [0.717, 1.165) is 16.6 Å². The fourth-order valence-electron chi connectivity index (χ4n) is 1.31. The Balaban J connectivity index is 2.54. The van der Waals surface area contributed by atoms with Crippen LogP contribution in [0.25, 0.3) is 0 Å². The lowest BCUT2D eigenvalue weighted by molar-refractivity contribution is 0.426. The van der Waals surface area contributed by atoms with Crippen molar-refractivity contribution in [2.75, 3.05) is 30.5 Å². The maximum Gasteiger partial charge on any atom is 0.185 e. The Bertz CT molecular complexity index is 503. The second kappa shape index (κ2) is 6.19. The largest absolute Gasteiger partial charge is 0.350 e. The Morgan fingerprint density at radius 2 is 2.05 bits per heavy atom. The van der Waals surface area contributed by atoms with Crippen molar-refractivity contribution in [3.8, 4) is 0 Å². The summed E-state index contributed by atoms with van der Waals surface area (Å²) in [5.41, 5.74) is 0.0757. The molecule has 19 heavy (non-hydrogen) atoms. The molecule has 1 heterocycles. The third-order valence-corrected chi connectivity index (χ3v) is 4.49. The summed E-state index contributed by atoms with van der Waals surface area (Å²) in [7, 11) is -1.06. The van der Waals surface area contributed by atoms with E-state index < -0.39 is 9.84 Å². The second-order valence-corrected chi connectivity index (χ2v) is 9.12. The minimum atomic E-state index is -2.93. The summed E-state index contributed by atoms with van der Waals surface area (Å²) in [6.07, 6.45) is 3.09. The Morgan fingerprint density at radius 1 is 1.42 bits per heavy atom. The molecule has 0 atom stereocenters. The lowest BCUT2D eigenvalue weighted by Gasteiger charge is -2.19. The molecule has 0 aliphatic carbocycles. The van der Waals surface area contributed by atoms with Crippen LogP contribution in [0.5, 0.6) is 0 Å². The summed E-state index contributed by atoms with van der Waals surface area (Å²) >= 11 is 1.59. The summed E-state index contributed by atoms with van der Waals surface area (Å²) in [6, 6.07) is 0. The first-order valence-electron chi connectivity index (χ1n) is 6.15. The van der Waals surface area contributed by atoms with Gasteiger partial charge >= 0.3 is 0 Å². The van der Waals surface area contributed by atoms with Crippen LogP contribution in [0.2, 0.25) is 0 Å². The highest BCUT2D eigenvalue weighted by atomic mass is 32.2. The van der Waals surface area contributed by atoms with Gasteiger partial charge in [0.2, 0.25) is 0 Å². The van der Waals surface area contributed by atoms with Crippen molar-refractivity contribution in [1.29, 1.82) is 0 Å². The first-order chi connectivity index (χ1) is 8.57. The van der Waals surface area contributed by atoms with Gasteiger partial charge in [-0.15, -0.1) is 11.3 Å². The van der Waals surface area contributed by atoms with Gasteiger partial charge in [0.25, 0.3) is 0 Å². The smallest absolute Gasteiger partial charge is 0.185 e. The molecular formula is C12H23N3O2S2. The minimum absolute atomic E-state index is 0.0757. The average molecular weight is 305 g/mol. The fourth-order valence-corrected chi connectivity index (χ4v) is 2.75. The maximum absolute atomic E-state index is 11.1. The van der Waals surface area contributed by atoms with Gasteiger partial charge in [-0.05, 0) is 20.8 Å². The molecule has 0 aromatic carbocycles. The maximum atomic E-state index is 11.1. The Labute approximate surface area is 120 Å². The fraction of sp³-hybridized carbons (Fsp3) is 0.750. The van der Waals surface area contributed by atoms with Crippen LogP contribution >= 0.6 is 11.3 Å². The molecule has 0 fully saturated rings. The summed E-state index contributed by atoms with van der Waals surface area (Å²) in [4.78, 5) is 7.36. The lowest BCUT2D eigenvalue weighted by Crippen LogP contribution is -2.34. The number of anilines is 1. The Morgan fingerprint density at radius 3 is 2.58 bits per heavy atom. The molecule has 1 rings (SSSR count). The van der Waals surface area contributed by atoms with Crippen LogP contribution in [0, 0.1) is 0 Å². The van der Waals surface area contributed by atoms with E-state index in [4.69, 9.17) is 0 Å². The molecule has 0 bridgehead atoms. The first kappa shape index (κ1) is 16.4. The van der Waals surface area contributed by atoms with Crippen molar-refractivity contribution < 1.29 is 8.42 Å². The normalized spacial score (nSPS) is 12.7. The third-order valence-electron chi connectivity index (χ3n) is 2.46. The number of nitrogens with one attached hydrogen (secondary N) is 1. The van der Waals surface area contributed by atoms with Crippen molar-refractivity contribution in [1.82, 2.24) is 10.3 Å². The molecule has 5 nitrogen and oxygen atoms in total. The zero-order valence-corrected chi connectivity index (χ0v) is 13.9. The third kappa shape index (κ3) is 6.89. The van der Waals surface area contributed by atoms with Gasteiger partial charge in [0, 0.05) is 43.0 Å². The summed E-state index contributed by atoms with van der Waals surface area (Å²) in [5, 5.41) is 4.26. The van der Waals surface area contributed by atoms with E-state index in [9.17, 15) is 8.42 Å². The number of nitrogens with zero attached hydrogens (tertiary/aromatic N) is 2. The van der Waals surface area contributed by atoms with Crippen molar-refractivity contribution in [2.24, 2.45) is 0 Å². The number of hydrogen-bond acceptors (Lipinski definition) is 6. The van der Waals surface area contributed by atoms with E-state index >= 15 is 0 Å². The van der Waals surface area contributed by atoms with E-state index in [0.29, 0.717) is 6.54 Å². The zero-order valence-electron chi connectivity index (χ0n) is 12.2. The van der Waals surface area contributed by atoms with Crippen LogP contribution in [0.1, 0.15) is 25.6 Å². The molecule has 0 aliphatic rings. The molecule has 1 aromatic heterocycles. The van der Waals surface area contributed by atoms with Crippen LogP contribution in [0.15, 0.2) is 6.20 Å². The second-order valence-electron chi connectivity index (χ2n) is 5.76. The van der Waals surface area contributed by atoms with E-state index in [1.165, 1.54) is 6.26 Å². The molecule has 1 aromatic rings. The highest BCUT2D eigenvalue weighted by Crippen LogP contribution is 2.21. The van der Waals surface area contributed by atoms with Gasteiger partial charge in [0.15, 0.2) is 5.13 Å². The Hall–Kier alpha value is -0.660. The van der Waals surface area contributed by atoms with Crippen molar-refractivity contribution in [2.45, 2.75) is 32.9 Å². The first-order valence-corrected chi connectivity index (χ1v) is 9.03. The highest BCUT2D eigenvalue weighted by Gasteiger charge is 2.12. The van der Waals surface area contributed by atoms with E-state index in [2.05, 4.69) is 31.1 Å². The summed E-state index contributed by atoms with van der Waals surface area (Å²) < 4.78 is 22.3. The molecule has 110 valence electrons. The zero-order chi connectivity index (χ0) is 14.7. The highest BCUT2D eigenvalue weighted by molar-refractivity contribution is 7.90. The van der Waals surface area contributed by atoms with Gasteiger partial charge in [0.05, 0.1) is 5.75 Å². The molecule has 0 unspecified atom stereocenters. The number of aromatic nitrogens is 1. The molecule has 0 spiro atoms. The van der Waals surface area contributed by atoms with Gasteiger partial charge in [0.1, 0.15) is 9.84 Å². The van der Waals surface area contributed by atoms with E-state index in [-0.39, 0.29) is 11.3 Å². The summed E-state index contributed by atoms with van der Waals surface area (Å²) in [5.74, 6) is 0.151. The SMILES string of the molecule is CN(CCS(C)(=O)=O)c1ncc(CNC(C)(C)C)s1. The molecule has 0 amide bonds. The standard InChI is InChI=1S/C12H23N3O2S2/c1-12(2,3)14-9-10-8-13-11(18-10)15(4)6-7-19(5,16)17/h8,14H,6-7,9H2,1-5H3. The van der Waals surface area contributed by atoms with Gasteiger partial charge in [-0.3, -0.25) is 0 Å². The van der Waals surface area contributed by atoms with Crippen LogP contribution in [-0.4, -0.2) is 44.5 Å². The quantitative estimate of drug-likeness (QED) is 0.863. The van der Waals surface area contributed by atoms with Crippen molar-refractivity contribution >= 4 is 26.3 Å². The monoisotopic (exact) mass is 305 g/mol. The van der Waals surface area contributed by atoms with Gasteiger partial charge in [-0.2, -0.15) is 0 Å². The van der Waals surface area contributed by atoms with E-state index in [1.807, 2.05) is 18.1 Å². The molecule has 0 saturated carbocycles. The topological polar surface area (TPSA) is 62.3 Å². The van der Waals surface area contributed by atoms with Crippen LogP contribution < -0.4 is 10.2 Å².